The third kappa shape index (κ3) is 3.98. The number of aromatic nitrogens is 3. The number of carbonyl (C=O) groups is 1. The summed E-state index contributed by atoms with van der Waals surface area (Å²) in [6.07, 6.45) is 8.04. The van der Waals surface area contributed by atoms with Crippen LogP contribution in [0, 0.1) is 6.92 Å². The van der Waals surface area contributed by atoms with Gasteiger partial charge in [0.15, 0.2) is 5.89 Å². The molecule has 1 atom stereocenters. The first-order valence-electron chi connectivity index (χ1n) is 10.9. The molecule has 0 N–H and O–H groups in total. The van der Waals surface area contributed by atoms with Gasteiger partial charge in [0.2, 0.25) is 0 Å². The molecule has 4 heterocycles. The molecule has 4 aromatic rings. The second kappa shape index (κ2) is 8.49. The summed E-state index contributed by atoms with van der Waals surface area (Å²) in [6.45, 7) is 3.31. The molecule has 3 aromatic heterocycles. The molecule has 7 nitrogen and oxygen atoms in total. The first-order valence-corrected chi connectivity index (χ1v) is 10.9. The number of hydrogen-bond acceptors (Lipinski definition) is 5. The van der Waals surface area contributed by atoms with Crippen LogP contribution < -0.4 is 4.74 Å². The summed E-state index contributed by atoms with van der Waals surface area (Å²) in [5.74, 6) is 2.39. The van der Waals surface area contributed by atoms with Crippen molar-refractivity contribution in [2.75, 3.05) is 20.2 Å². The quantitative estimate of drug-likeness (QED) is 0.473. The molecule has 1 aliphatic heterocycles. The number of pyridine rings is 1. The van der Waals surface area contributed by atoms with Gasteiger partial charge in [0.1, 0.15) is 22.9 Å². The highest BCUT2D eigenvalue weighted by molar-refractivity contribution is 5.93. The number of benzene rings is 1. The van der Waals surface area contributed by atoms with Gasteiger partial charge in [-0.25, -0.2) is 9.97 Å². The molecule has 0 spiro atoms. The molecule has 164 valence electrons. The maximum Gasteiger partial charge on any atom is 0.274 e. The Balaban J connectivity index is 1.29. The maximum atomic E-state index is 13.2. The van der Waals surface area contributed by atoms with Crippen LogP contribution in [0.15, 0.2) is 59.4 Å². The van der Waals surface area contributed by atoms with Crippen LogP contribution >= 0.6 is 0 Å². The van der Waals surface area contributed by atoms with E-state index in [1.807, 2.05) is 65.0 Å². The van der Waals surface area contributed by atoms with Gasteiger partial charge in [0.05, 0.1) is 19.2 Å². The van der Waals surface area contributed by atoms with Crippen molar-refractivity contribution in [3.05, 3.63) is 83.5 Å². The van der Waals surface area contributed by atoms with Crippen LogP contribution in [0.25, 0.3) is 5.65 Å². The van der Waals surface area contributed by atoms with E-state index in [0.717, 1.165) is 47.7 Å². The monoisotopic (exact) mass is 430 g/mol. The first kappa shape index (κ1) is 20.3. The van der Waals surface area contributed by atoms with Crippen LogP contribution in [0.3, 0.4) is 0 Å². The maximum absolute atomic E-state index is 13.2. The number of likely N-dealkylation sites (tertiary alicyclic amines) is 1. The van der Waals surface area contributed by atoms with E-state index in [4.69, 9.17) is 9.15 Å². The Kier molecular flexibility index (Phi) is 5.39. The van der Waals surface area contributed by atoms with Gasteiger partial charge in [-0.15, -0.1) is 0 Å². The second-order valence-corrected chi connectivity index (χ2v) is 8.33. The van der Waals surface area contributed by atoms with Crippen LogP contribution in [0.1, 0.15) is 52.0 Å². The number of ether oxygens (including phenoxy) is 1. The number of imidazole rings is 1. The van der Waals surface area contributed by atoms with E-state index in [9.17, 15) is 4.79 Å². The Hall–Kier alpha value is -3.61. The number of amides is 1. The van der Waals surface area contributed by atoms with E-state index in [2.05, 4.69) is 9.97 Å². The molecule has 1 aromatic carbocycles. The summed E-state index contributed by atoms with van der Waals surface area (Å²) in [4.78, 5) is 24.1. The molecule has 32 heavy (non-hydrogen) atoms. The summed E-state index contributed by atoms with van der Waals surface area (Å²) in [6, 6.07) is 11.9. The number of aryl methyl sites for hydroxylation is 1. The fraction of sp³-hybridized carbons (Fsp3) is 0.320. The molecule has 0 aliphatic carbocycles. The SMILES string of the molecule is COc1cccc(Cc2cnc([C@@H]3CCCN(C(=O)c4cn5cccc(C)c5n4)C3)o2)c1. The Labute approximate surface area is 186 Å². The van der Waals surface area contributed by atoms with Crippen molar-refractivity contribution < 1.29 is 13.9 Å². The smallest absolute Gasteiger partial charge is 0.274 e. The zero-order valence-corrected chi connectivity index (χ0v) is 18.3. The summed E-state index contributed by atoms with van der Waals surface area (Å²) in [7, 11) is 1.66. The Morgan fingerprint density at radius 1 is 1.28 bits per heavy atom. The molecule has 1 aliphatic rings. The number of rotatable bonds is 5. The molecule has 1 saturated heterocycles. The van der Waals surface area contributed by atoms with Gasteiger partial charge in [-0.05, 0) is 49.1 Å². The third-order valence-electron chi connectivity index (χ3n) is 6.04. The molecule has 1 fully saturated rings. The van der Waals surface area contributed by atoms with Crippen molar-refractivity contribution in [3.63, 3.8) is 0 Å². The molecule has 0 unspecified atom stereocenters. The molecule has 0 radical (unpaired) electrons. The predicted octanol–water partition coefficient (Wildman–Crippen LogP) is 4.25. The largest absolute Gasteiger partial charge is 0.497 e. The zero-order chi connectivity index (χ0) is 22.1. The number of carbonyl (C=O) groups excluding carboxylic acids is 1. The third-order valence-corrected chi connectivity index (χ3v) is 6.04. The minimum Gasteiger partial charge on any atom is -0.497 e. The number of nitrogens with zero attached hydrogens (tertiary/aromatic N) is 4. The summed E-state index contributed by atoms with van der Waals surface area (Å²) in [5.41, 5.74) is 3.45. The lowest BCUT2D eigenvalue weighted by atomic mass is 9.98. The van der Waals surface area contributed by atoms with Crippen LogP contribution in [0.4, 0.5) is 0 Å². The van der Waals surface area contributed by atoms with Gasteiger partial charge in [0, 0.05) is 31.9 Å². The van der Waals surface area contributed by atoms with Crippen LogP contribution in [0.2, 0.25) is 0 Å². The standard InChI is InChI=1S/C25H26N4O3/c1-17-6-4-10-28-16-22(27-23(17)28)25(30)29-11-5-8-19(15-29)24-26-14-21(32-24)13-18-7-3-9-20(12-18)31-2/h3-4,6-7,9-10,12,14,16,19H,5,8,11,13,15H2,1-2H3/t19-/m1/s1. The fourth-order valence-corrected chi connectivity index (χ4v) is 4.36. The lowest BCUT2D eigenvalue weighted by Crippen LogP contribution is -2.39. The molecule has 7 heteroatoms. The zero-order valence-electron chi connectivity index (χ0n) is 18.3. The van der Waals surface area contributed by atoms with Gasteiger partial charge in [-0.2, -0.15) is 0 Å². The number of fused-ring (bicyclic) bond motifs is 1. The molecule has 1 amide bonds. The molecular weight excluding hydrogens is 404 g/mol. The van der Waals surface area contributed by atoms with Crippen LogP contribution in [-0.4, -0.2) is 45.4 Å². The Morgan fingerprint density at radius 2 is 2.19 bits per heavy atom. The Bertz CT molecular complexity index is 1260. The van der Waals surface area contributed by atoms with Gasteiger partial charge >= 0.3 is 0 Å². The van der Waals surface area contributed by atoms with E-state index in [-0.39, 0.29) is 11.8 Å². The average molecular weight is 431 g/mol. The van der Waals surface area contributed by atoms with E-state index >= 15 is 0 Å². The van der Waals surface area contributed by atoms with Crippen molar-refractivity contribution in [1.29, 1.82) is 0 Å². The number of oxazole rings is 1. The molecule has 0 saturated carbocycles. The van der Waals surface area contributed by atoms with E-state index in [1.165, 1.54) is 0 Å². The number of methoxy groups -OCH3 is 1. The van der Waals surface area contributed by atoms with Gasteiger partial charge in [-0.3, -0.25) is 4.79 Å². The van der Waals surface area contributed by atoms with Crippen molar-refractivity contribution in [2.45, 2.75) is 32.1 Å². The summed E-state index contributed by atoms with van der Waals surface area (Å²) >= 11 is 0. The molecule has 0 bridgehead atoms. The second-order valence-electron chi connectivity index (χ2n) is 8.33. The average Bonchev–Trinajstić information content (AvgIpc) is 3.47. The van der Waals surface area contributed by atoms with Crippen LogP contribution in [-0.2, 0) is 6.42 Å². The molecular formula is C25H26N4O3. The number of hydrogen-bond donors (Lipinski definition) is 0. The van der Waals surface area contributed by atoms with Crippen molar-refractivity contribution >= 4 is 11.6 Å². The van der Waals surface area contributed by atoms with E-state index in [1.54, 1.807) is 13.3 Å². The molecule has 5 rings (SSSR count). The Morgan fingerprint density at radius 3 is 3.03 bits per heavy atom. The lowest BCUT2D eigenvalue weighted by molar-refractivity contribution is 0.0692. The van der Waals surface area contributed by atoms with E-state index < -0.39 is 0 Å². The van der Waals surface area contributed by atoms with Gasteiger partial charge < -0.3 is 18.5 Å². The summed E-state index contributed by atoms with van der Waals surface area (Å²) < 4.78 is 13.3. The first-order chi connectivity index (χ1) is 15.6. The van der Waals surface area contributed by atoms with Crippen molar-refractivity contribution in [3.8, 4) is 5.75 Å². The topological polar surface area (TPSA) is 72.9 Å². The fourth-order valence-electron chi connectivity index (χ4n) is 4.36. The normalized spacial score (nSPS) is 16.4. The lowest BCUT2D eigenvalue weighted by Gasteiger charge is -2.30. The number of piperidine rings is 1. The van der Waals surface area contributed by atoms with Crippen LogP contribution in [0.5, 0.6) is 5.75 Å². The minimum absolute atomic E-state index is 0.0408. The van der Waals surface area contributed by atoms with Crippen molar-refractivity contribution in [1.82, 2.24) is 19.3 Å². The van der Waals surface area contributed by atoms with Gasteiger partial charge in [0.25, 0.3) is 5.91 Å². The van der Waals surface area contributed by atoms with Gasteiger partial charge in [-0.1, -0.05) is 18.2 Å². The highest BCUT2D eigenvalue weighted by Crippen LogP contribution is 2.28. The van der Waals surface area contributed by atoms with E-state index in [0.29, 0.717) is 24.6 Å². The van der Waals surface area contributed by atoms with Crippen molar-refractivity contribution in [2.24, 2.45) is 0 Å². The highest BCUT2D eigenvalue weighted by Gasteiger charge is 2.29. The predicted molar refractivity (Wildman–Crippen MR) is 120 cm³/mol. The summed E-state index contributed by atoms with van der Waals surface area (Å²) in [5, 5.41) is 0. The highest BCUT2D eigenvalue weighted by atomic mass is 16.5. The minimum atomic E-state index is -0.0408.